The molecule has 1 amide bonds. The molecule has 3 heterocycles. The van der Waals surface area contributed by atoms with Crippen LogP contribution in [0.15, 0.2) is 52.6 Å². The van der Waals surface area contributed by atoms with Gasteiger partial charge in [0.25, 0.3) is 5.91 Å². The van der Waals surface area contributed by atoms with Crippen LogP contribution in [0.4, 0.5) is 5.69 Å². The highest BCUT2D eigenvalue weighted by Gasteiger charge is 2.28. The first-order valence-electron chi connectivity index (χ1n) is 8.07. The number of aromatic nitrogens is 3. The molecule has 1 saturated carbocycles. The lowest BCUT2D eigenvalue weighted by Crippen LogP contribution is -2.12. The highest BCUT2D eigenvalue weighted by Crippen LogP contribution is 2.40. The average Bonchev–Trinajstić information content (AvgIpc) is 3.03. The Hall–Kier alpha value is -2.93. The van der Waals surface area contributed by atoms with Crippen LogP contribution in [0.1, 0.15) is 35.0 Å². The normalized spacial score (nSPS) is 14.1. The van der Waals surface area contributed by atoms with Crippen molar-refractivity contribution in [2.75, 3.05) is 5.32 Å². The fourth-order valence-corrected chi connectivity index (χ4v) is 3.44. The molecule has 0 radical (unpaired) electrons. The Labute approximate surface area is 147 Å². The Balaban J connectivity index is 1.32. The van der Waals surface area contributed by atoms with E-state index in [4.69, 9.17) is 4.52 Å². The van der Waals surface area contributed by atoms with E-state index in [0.717, 1.165) is 34.8 Å². The first-order valence-corrected chi connectivity index (χ1v) is 8.95. The van der Waals surface area contributed by atoms with Crippen molar-refractivity contribution >= 4 is 27.9 Å². The molecule has 0 atom stereocenters. The van der Waals surface area contributed by atoms with Gasteiger partial charge in [0.1, 0.15) is 5.76 Å². The first kappa shape index (κ1) is 14.4. The van der Waals surface area contributed by atoms with Crippen LogP contribution in [-0.2, 0) is 0 Å². The van der Waals surface area contributed by atoms with Gasteiger partial charge in [-0.25, -0.2) is 4.98 Å². The molecule has 0 aliphatic heterocycles. The molecule has 4 aromatic rings. The minimum atomic E-state index is -0.258. The number of hydrogen-bond donors (Lipinski definition) is 1. The number of benzene rings is 1. The third kappa shape index (κ3) is 2.72. The van der Waals surface area contributed by atoms with Crippen LogP contribution in [0.25, 0.3) is 16.2 Å². The predicted octanol–water partition coefficient (Wildman–Crippen LogP) is 4.18. The van der Waals surface area contributed by atoms with Gasteiger partial charge < -0.3 is 9.84 Å². The summed E-state index contributed by atoms with van der Waals surface area (Å²) in [7, 11) is 0. The zero-order valence-electron chi connectivity index (χ0n) is 13.2. The molecule has 0 bridgehead atoms. The van der Waals surface area contributed by atoms with Gasteiger partial charge in [0.05, 0.1) is 5.69 Å². The Morgan fingerprint density at radius 1 is 1.28 bits per heavy atom. The maximum absolute atomic E-state index is 12.3. The minimum absolute atomic E-state index is 0.258. The van der Waals surface area contributed by atoms with E-state index in [-0.39, 0.29) is 5.91 Å². The van der Waals surface area contributed by atoms with E-state index in [1.165, 1.54) is 0 Å². The summed E-state index contributed by atoms with van der Waals surface area (Å²) in [6.07, 6.45) is 6.21. The zero-order chi connectivity index (χ0) is 16.8. The number of thiazole rings is 1. The lowest BCUT2D eigenvalue weighted by atomic mass is 10.1. The van der Waals surface area contributed by atoms with Crippen LogP contribution in [-0.4, -0.2) is 20.4 Å². The first-order chi connectivity index (χ1) is 12.3. The molecule has 0 spiro atoms. The molecule has 1 aliphatic rings. The van der Waals surface area contributed by atoms with Crippen LogP contribution in [0, 0.1) is 0 Å². The van der Waals surface area contributed by atoms with Crippen LogP contribution < -0.4 is 5.32 Å². The van der Waals surface area contributed by atoms with E-state index in [0.29, 0.717) is 17.3 Å². The van der Waals surface area contributed by atoms with Crippen molar-refractivity contribution in [3.63, 3.8) is 0 Å². The van der Waals surface area contributed by atoms with Crippen molar-refractivity contribution < 1.29 is 9.32 Å². The van der Waals surface area contributed by atoms with Crippen molar-refractivity contribution in [1.29, 1.82) is 0 Å². The summed E-state index contributed by atoms with van der Waals surface area (Å²) in [5.41, 5.74) is 2.95. The fourth-order valence-electron chi connectivity index (χ4n) is 2.74. The Morgan fingerprint density at radius 3 is 2.88 bits per heavy atom. The molecule has 3 aromatic heterocycles. The second kappa shape index (κ2) is 5.56. The smallest absolute Gasteiger partial charge is 0.277 e. The third-order valence-corrected chi connectivity index (χ3v) is 5.04. The van der Waals surface area contributed by atoms with Crippen LogP contribution in [0.2, 0.25) is 0 Å². The number of carbonyl (C=O) groups excluding carboxylic acids is 1. The number of amides is 1. The molecule has 7 heteroatoms. The number of nitrogens with zero attached hydrogens (tertiary/aromatic N) is 3. The van der Waals surface area contributed by atoms with Gasteiger partial charge in [-0.05, 0) is 25.0 Å². The van der Waals surface area contributed by atoms with Crippen molar-refractivity contribution in [3.05, 3.63) is 59.6 Å². The highest BCUT2D eigenvalue weighted by atomic mass is 32.1. The summed E-state index contributed by atoms with van der Waals surface area (Å²) < 4.78 is 7.22. The topological polar surface area (TPSA) is 72.4 Å². The van der Waals surface area contributed by atoms with Gasteiger partial charge in [0, 0.05) is 41.0 Å². The van der Waals surface area contributed by atoms with Gasteiger partial charge in [-0.3, -0.25) is 9.20 Å². The standard InChI is InChI=1S/C18H14N4O2S/c23-17(14-9-16(24-21-14)12-1-2-12)19-13-5-3-11(4-6-13)15-10-22-7-8-25-18(22)20-15/h3-10,12H,1-2H2,(H,19,23). The molecule has 1 aliphatic carbocycles. The molecule has 1 N–H and O–H groups in total. The fraction of sp³-hybridized carbons (Fsp3) is 0.167. The monoisotopic (exact) mass is 350 g/mol. The summed E-state index contributed by atoms with van der Waals surface area (Å²) >= 11 is 1.60. The van der Waals surface area contributed by atoms with Crippen molar-refractivity contribution in [3.8, 4) is 11.3 Å². The third-order valence-electron chi connectivity index (χ3n) is 4.27. The number of carbonyl (C=O) groups is 1. The summed E-state index contributed by atoms with van der Waals surface area (Å²) in [6, 6.07) is 9.35. The number of fused-ring (bicyclic) bond motifs is 1. The van der Waals surface area contributed by atoms with E-state index in [9.17, 15) is 4.79 Å². The SMILES string of the molecule is O=C(Nc1ccc(-c2cn3ccsc3n2)cc1)c1cc(C2CC2)on1. The molecule has 124 valence electrons. The van der Waals surface area contributed by atoms with E-state index >= 15 is 0 Å². The number of rotatable bonds is 4. The lowest BCUT2D eigenvalue weighted by Gasteiger charge is -2.03. The molecule has 0 unspecified atom stereocenters. The maximum atomic E-state index is 12.3. The molecule has 0 saturated heterocycles. The van der Waals surface area contributed by atoms with Gasteiger partial charge in [-0.15, -0.1) is 11.3 Å². The van der Waals surface area contributed by atoms with Gasteiger partial charge in [-0.2, -0.15) is 0 Å². The average molecular weight is 350 g/mol. The second-order valence-electron chi connectivity index (χ2n) is 6.14. The van der Waals surface area contributed by atoms with E-state index < -0.39 is 0 Å². The van der Waals surface area contributed by atoms with Gasteiger partial charge in [-0.1, -0.05) is 17.3 Å². The molecule has 6 nitrogen and oxygen atoms in total. The molecule has 25 heavy (non-hydrogen) atoms. The van der Waals surface area contributed by atoms with Crippen LogP contribution >= 0.6 is 11.3 Å². The molecular weight excluding hydrogens is 336 g/mol. The van der Waals surface area contributed by atoms with E-state index in [1.54, 1.807) is 17.4 Å². The Kier molecular flexibility index (Phi) is 3.21. The largest absolute Gasteiger partial charge is 0.360 e. The van der Waals surface area contributed by atoms with Crippen molar-refractivity contribution in [1.82, 2.24) is 14.5 Å². The maximum Gasteiger partial charge on any atom is 0.277 e. The van der Waals surface area contributed by atoms with E-state index in [2.05, 4.69) is 15.5 Å². The molecule has 5 rings (SSSR count). The highest BCUT2D eigenvalue weighted by molar-refractivity contribution is 7.15. The number of nitrogens with one attached hydrogen (secondary N) is 1. The quantitative estimate of drug-likeness (QED) is 0.599. The Morgan fingerprint density at radius 2 is 2.12 bits per heavy atom. The van der Waals surface area contributed by atoms with Crippen LogP contribution in [0.3, 0.4) is 0 Å². The summed E-state index contributed by atoms with van der Waals surface area (Å²) in [5, 5.41) is 8.71. The van der Waals surface area contributed by atoms with Gasteiger partial charge >= 0.3 is 0 Å². The van der Waals surface area contributed by atoms with Crippen LogP contribution in [0.5, 0.6) is 0 Å². The minimum Gasteiger partial charge on any atom is -0.360 e. The molecule has 1 aromatic carbocycles. The number of hydrogen-bond acceptors (Lipinski definition) is 5. The number of anilines is 1. The summed E-state index contributed by atoms with van der Waals surface area (Å²) in [5.74, 6) is 0.990. The molecule has 1 fully saturated rings. The van der Waals surface area contributed by atoms with Crippen molar-refractivity contribution in [2.24, 2.45) is 0 Å². The second-order valence-corrected chi connectivity index (χ2v) is 7.01. The van der Waals surface area contributed by atoms with E-state index in [1.807, 2.05) is 46.4 Å². The van der Waals surface area contributed by atoms with Gasteiger partial charge in [0.15, 0.2) is 10.7 Å². The summed E-state index contributed by atoms with van der Waals surface area (Å²) in [6.45, 7) is 0. The Bertz CT molecular complexity index is 1030. The number of imidazole rings is 1. The lowest BCUT2D eigenvalue weighted by molar-refractivity contribution is 0.101. The predicted molar refractivity (Wildman–Crippen MR) is 94.9 cm³/mol. The molecular formula is C18H14N4O2S. The summed E-state index contributed by atoms with van der Waals surface area (Å²) in [4.78, 5) is 17.8. The van der Waals surface area contributed by atoms with Crippen molar-refractivity contribution in [2.45, 2.75) is 18.8 Å². The zero-order valence-corrected chi connectivity index (χ0v) is 14.0. The van der Waals surface area contributed by atoms with Gasteiger partial charge in [0.2, 0.25) is 0 Å².